The van der Waals surface area contributed by atoms with E-state index >= 15 is 0 Å². The maximum atomic E-state index is 13.8. The lowest BCUT2D eigenvalue weighted by Gasteiger charge is -2.40. The lowest BCUT2D eigenvalue weighted by Crippen LogP contribution is -2.51. The highest BCUT2D eigenvalue weighted by atomic mass is 28.3. The molecule has 41 heavy (non-hydrogen) atoms. The zero-order chi connectivity index (χ0) is 29.3. The summed E-state index contributed by atoms with van der Waals surface area (Å²) in [6, 6.07) is 18.5. The van der Waals surface area contributed by atoms with Gasteiger partial charge in [-0.3, -0.25) is 4.79 Å². The van der Waals surface area contributed by atoms with Gasteiger partial charge in [-0.1, -0.05) is 62.1 Å². The minimum atomic E-state index is -1.85. The molecule has 0 spiro atoms. The Balaban J connectivity index is 1.61. The third-order valence-electron chi connectivity index (χ3n) is 7.04. The van der Waals surface area contributed by atoms with Crippen LogP contribution in [0.15, 0.2) is 66.9 Å². The SMILES string of the molecule is COC(=O)C1Cc2c([nH]c3ccccc23)C(c2ccc(-c3ccc(OC(C)C)nc3)cc2)N1C(=O)C#C[Si](C)(C)C. The maximum absolute atomic E-state index is 13.8. The summed E-state index contributed by atoms with van der Waals surface area (Å²) in [7, 11) is -0.486. The number of aromatic nitrogens is 2. The molecule has 1 amide bonds. The molecule has 2 aromatic heterocycles. The highest BCUT2D eigenvalue weighted by Gasteiger charge is 2.43. The fraction of sp³-hybridized carbons (Fsp3) is 0.303. The Hall–Kier alpha value is -4.35. The van der Waals surface area contributed by atoms with E-state index < -0.39 is 26.1 Å². The van der Waals surface area contributed by atoms with E-state index in [1.54, 1.807) is 11.1 Å². The number of ether oxygens (including phenoxy) is 2. The zero-order valence-corrected chi connectivity index (χ0v) is 25.3. The number of nitrogens with one attached hydrogen (secondary N) is 1. The van der Waals surface area contributed by atoms with Gasteiger partial charge in [0.15, 0.2) is 0 Å². The molecule has 4 aromatic rings. The second-order valence-electron chi connectivity index (χ2n) is 11.6. The Bertz CT molecular complexity index is 1640. The Labute approximate surface area is 241 Å². The lowest BCUT2D eigenvalue weighted by molar-refractivity contribution is -0.153. The van der Waals surface area contributed by atoms with Gasteiger partial charge in [0.05, 0.1) is 19.3 Å². The van der Waals surface area contributed by atoms with Crippen molar-refractivity contribution in [3.63, 3.8) is 0 Å². The number of rotatable bonds is 5. The molecule has 1 N–H and O–H groups in total. The molecule has 7 nitrogen and oxygen atoms in total. The van der Waals surface area contributed by atoms with Crippen LogP contribution < -0.4 is 4.74 Å². The number of benzene rings is 2. The molecular weight excluding hydrogens is 530 g/mol. The van der Waals surface area contributed by atoms with Crippen LogP contribution in [0.25, 0.3) is 22.0 Å². The van der Waals surface area contributed by atoms with Crippen molar-refractivity contribution in [2.24, 2.45) is 0 Å². The van der Waals surface area contributed by atoms with E-state index in [2.05, 4.69) is 41.1 Å². The number of hydrogen-bond acceptors (Lipinski definition) is 5. The standard InChI is InChI=1S/C33H35N3O4Si/c1-21(2)40-29-16-15-24(20-34-29)22-11-13-23(14-12-22)32-31-26(25-9-7-8-10-27(25)35-31)19-28(33(38)39-3)36(32)30(37)17-18-41(4,5)6/h7-16,20-21,28,32,35H,19H2,1-6H3. The van der Waals surface area contributed by atoms with E-state index in [1.807, 2.05) is 74.5 Å². The van der Waals surface area contributed by atoms with E-state index in [0.717, 1.165) is 38.9 Å². The summed E-state index contributed by atoms with van der Waals surface area (Å²) in [6.45, 7) is 10.2. The van der Waals surface area contributed by atoms with Gasteiger partial charge in [0.2, 0.25) is 5.88 Å². The molecule has 2 aromatic carbocycles. The minimum Gasteiger partial charge on any atom is -0.475 e. The van der Waals surface area contributed by atoms with Gasteiger partial charge in [0, 0.05) is 40.8 Å². The summed E-state index contributed by atoms with van der Waals surface area (Å²) in [5.41, 5.74) is 8.83. The van der Waals surface area contributed by atoms with Gasteiger partial charge >= 0.3 is 5.97 Å². The number of fused-ring (bicyclic) bond motifs is 3. The topological polar surface area (TPSA) is 84.5 Å². The van der Waals surface area contributed by atoms with E-state index in [-0.39, 0.29) is 12.0 Å². The maximum Gasteiger partial charge on any atom is 0.328 e. The van der Waals surface area contributed by atoms with Crippen molar-refractivity contribution in [2.75, 3.05) is 7.11 Å². The van der Waals surface area contributed by atoms with Crippen molar-refractivity contribution in [3.8, 4) is 28.5 Å². The Morgan fingerprint density at radius 3 is 2.37 bits per heavy atom. The molecule has 210 valence electrons. The molecule has 0 saturated heterocycles. The Kier molecular flexibility index (Phi) is 7.74. The second kappa shape index (κ2) is 11.3. The summed E-state index contributed by atoms with van der Waals surface area (Å²) in [5, 5.41) is 1.04. The lowest BCUT2D eigenvalue weighted by atomic mass is 9.87. The summed E-state index contributed by atoms with van der Waals surface area (Å²) in [6.07, 6.45) is 2.18. The monoisotopic (exact) mass is 565 g/mol. The molecule has 0 aliphatic carbocycles. The normalized spacial score (nSPS) is 16.6. The highest BCUT2D eigenvalue weighted by Crippen LogP contribution is 2.41. The van der Waals surface area contributed by atoms with Gasteiger partial charge in [-0.15, -0.1) is 5.54 Å². The van der Waals surface area contributed by atoms with Crippen LogP contribution >= 0.6 is 0 Å². The molecule has 0 saturated carbocycles. The fourth-order valence-electron chi connectivity index (χ4n) is 5.23. The van der Waals surface area contributed by atoms with Crippen molar-refractivity contribution in [1.82, 2.24) is 14.9 Å². The Morgan fingerprint density at radius 2 is 1.73 bits per heavy atom. The van der Waals surface area contributed by atoms with Crippen LogP contribution in [0.5, 0.6) is 5.88 Å². The van der Waals surface area contributed by atoms with E-state index in [4.69, 9.17) is 9.47 Å². The number of methoxy groups -OCH3 is 1. The van der Waals surface area contributed by atoms with Crippen LogP contribution in [0.3, 0.4) is 0 Å². The highest BCUT2D eigenvalue weighted by molar-refractivity contribution is 6.84. The molecule has 5 rings (SSSR count). The number of H-pyrrole nitrogens is 1. The Morgan fingerprint density at radius 1 is 1.02 bits per heavy atom. The van der Waals surface area contributed by atoms with Gasteiger partial charge in [-0.2, -0.15) is 0 Å². The summed E-state index contributed by atoms with van der Waals surface area (Å²) in [4.78, 5) is 36.6. The summed E-state index contributed by atoms with van der Waals surface area (Å²) in [5.74, 6) is 2.62. The second-order valence-corrected chi connectivity index (χ2v) is 16.3. The zero-order valence-electron chi connectivity index (χ0n) is 24.3. The fourth-order valence-corrected chi connectivity index (χ4v) is 5.71. The van der Waals surface area contributed by atoms with Crippen LogP contribution in [0.4, 0.5) is 0 Å². The van der Waals surface area contributed by atoms with Gasteiger partial charge in [0.1, 0.15) is 14.1 Å². The van der Waals surface area contributed by atoms with E-state index in [0.29, 0.717) is 12.3 Å². The number of pyridine rings is 1. The third-order valence-corrected chi connectivity index (χ3v) is 7.91. The smallest absolute Gasteiger partial charge is 0.328 e. The largest absolute Gasteiger partial charge is 0.475 e. The third kappa shape index (κ3) is 5.91. The van der Waals surface area contributed by atoms with Crippen LogP contribution in [-0.2, 0) is 20.7 Å². The van der Waals surface area contributed by atoms with Gasteiger partial charge in [-0.05, 0) is 48.6 Å². The first-order valence-corrected chi connectivity index (χ1v) is 17.3. The first-order chi connectivity index (χ1) is 19.6. The number of nitrogens with zero attached hydrogens (tertiary/aromatic N) is 2. The quantitative estimate of drug-likeness (QED) is 0.185. The van der Waals surface area contributed by atoms with Gasteiger partial charge < -0.3 is 19.4 Å². The van der Waals surface area contributed by atoms with Crippen molar-refractivity contribution in [1.29, 1.82) is 0 Å². The van der Waals surface area contributed by atoms with Crippen molar-refractivity contribution in [2.45, 2.75) is 58.1 Å². The molecular formula is C33H35N3O4Si. The molecule has 8 heteroatoms. The number of para-hydroxylation sites is 1. The number of carbonyl (C=O) groups excluding carboxylic acids is 2. The average molecular weight is 566 g/mol. The van der Waals surface area contributed by atoms with Crippen molar-refractivity contribution >= 4 is 30.9 Å². The average Bonchev–Trinajstić information content (AvgIpc) is 3.32. The first kappa shape index (κ1) is 28.2. The molecule has 0 radical (unpaired) electrons. The first-order valence-electron chi connectivity index (χ1n) is 13.8. The number of aromatic amines is 1. The molecule has 3 heterocycles. The van der Waals surface area contributed by atoms with Gasteiger partial charge in [0.25, 0.3) is 5.91 Å². The predicted octanol–water partition coefficient (Wildman–Crippen LogP) is 5.91. The molecule has 1 aliphatic rings. The summed E-state index contributed by atoms with van der Waals surface area (Å²) < 4.78 is 10.9. The number of hydrogen-bond donors (Lipinski definition) is 1. The molecule has 0 bridgehead atoms. The number of carbonyl (C=O) groups is 2. The van der Waals surface area contributed by atoms with Gasteiger partial charge in [-0.25, -0.2) is 9.78 Å². The van der Waals surface area contributed by atoms with E-state index in [1.165, 1.54) is 7.11 Å². The molecule has 1 aliphatic heterocycles. The number of amides is 1. The molecule has 2 atom stereocenters. The van der Waals surface area contributed by atoms with Crippen molar-refractivity contribution in [3.05, 3.63) is 83.7 Å². The molecule has 2 unspecified atom stereocenters. The predicted molar refractivity (Wildman–Crippen MR) is 163 cm³/mol. The van der Waals surface area contributed by atoms with Crippen LogP contribution in [0, 0.1) is 11.5 Å². The van der Waals surface area contributed by atoms with E-state index in [9.17, 15) is 9.59 Å². The summed E-state index contributed by atoms with van der Waals surface area (Å²) >= 11 is 0. The van der Waals surface area contributed by atoms with Crippen LogP contribution in [0.2, 0.25) is 19.6 Å². The molecule has 0 fully saturated rings. The number of esters is 1. The van der Waals surface area contributed by atoms with Crippen molar-refractivity contribution < 1.29 is 19.1 Å². The van der Waals surface area contributed by atoms with Crippen LogP contribution in [-0.4, -0.2) is 54.1 Å². The van der Waals surface area contributed by atoms with Crippen LogP contribution in [0.1, 0.15) is 36.7 Å². The minimum absolute atomic E-state index is 0.0487.